The van der Waals surface area contributed by atoms with Crippen LogP contribution in [-0.4, -0.2) is 20.9 Å². The molecule has 5 nitrogen and oxygen atoms in total. The fourth-order valence-electron chi connectivity index (χ4n) is 8.72. The Morgan fingerprint density at radius 1 is 0.327 bits per heavy atom. The molecule has 0 N–H and O–H groups in total. The molecule has 1 aliphatic rings. The topological polar surface area (TPSA) is 47.2 Å². The van der Waals surface area contributed by atoms with Crippen LogP contribution in [-0.2, 0) is 0 Å². The molecule has 55 heavy (non-hydrogen) atoms. The maximum absolute atomic E-state index is 15.1. The van der Waals surface area contributed by atoms with Crippen molar-refractivity contribution in [3.8, 4) is 33.6 Å². The molecule has 0 fully saturated rings. The number of fused-ring (bicyclic) bond motifs is 7. The molecule has 0 unspecified atom stereocenters. The van der Waals surface area contributed by atoms with Crippen LogP contribution in [0.15, 0.2) is 188 Å². The fraction of sp³-hybridized carbons (Fsp3) is 0. The van der Waals surface area contributed by atoms with E-state index in [9.17, 15) is 4.79 Å². The largest absolute Gasteiger partial charge is 0.309 e. The van der Waals surface area contributed by atoms with Gasteiger partial charge in [-0.25, -0.2) is 4.90 Å². The smallest absolute Gasteiger partial charge is 0.268 e. The molecule has 11 rings (SSSR count). The van der Waals surface area contributed by atoms with Crippen LogP contribution in [0.4, 0.5) is 5.69 Å². The minimum atomic E-state index is -0.345. The van der Waals surface area contributed by atoms with Crippen LogP contribution in [0, 0.1) is 0 Å². The molecular formula is C50H31N3O2. The van der Waals surface area contributed by atoms with Gasteiger partial charge in [-0.15, -0.1) is 0 Å². The first-order valence-electron chi connectivity index (χ1n) is 18.5. The average Bonchev–Trinajstić information content (AvgIpc) is 3.85. The molecule has 258 valence electrons. The van der Waals surface area contributed by atoms with Gasteiger partial charge in [-0.05, 0) is 65.2 Å². The molecule has 2 aromatic heterocycles. The van der Waals surface area contributed by atoms with Gasteiger partial charge in [0.15, 0.2) is 0 Å². The Kier molecular flexibility index (Phi) is 6.79. The number of imide groups is 1. The van der Waals surface area contributed by atoms with E-state index in [4.69, 9.17) is 0 Å². The van der Waals surface area contributed by atoms with Gasteiger partial charge in [0, 0.05) is 32.8 Å². The van der Waals surface area contributed by atoms with Crippen molar-refractivity contribution in [2.24, 2.45) is 0 Å². The van der Waals surface area contributed by atoms with Crippen molar-refractivity contribution in [3.63, 3.8) is 0 Å². The summed E-state index contributed by atoms with van der Waals surface area (Å²) in [7, 11) is 0. The van der Waals surface area contributed by atoms with Crippen LogP contribution >= 0.6 is 0 Å². The van der Waals surface area contributed by atoms with Crippen molar-refractivity contribution in [1.82, 2.24) is 9.13 Å². The minimum Gasteiger partial charge on any atom is -0.309 e. The van der Waals surface area contributed by atoms with Crippen LogP contribution in [0.3, 0.4) is 0 Å². The molecule has 0 saturated heterocycles. The number of benzene rings is 8. The fourth-order valence-corrected chi connectivity index (χ4v) is 8.72. The van der Waals surface area contributed by atoms with Crippen molar-refractivity contribution in [3.05, 3.63) is 199 Å². The second-order valence-electron chi connectivity index (χ2n) is 14.0. The van der Waals surface area contributed by atoms with Crippen molar-refractivity contribution in [2.75, 3.05) is 4.90 Å². The van der Waals surface area contributed by atoms with E-state index >= 15 is 4.79 Å². The lowest BCUT2D eigenvalue weighted by Crippen LogP contribution is -2.30. The molecule has 5 heteroatoms. The van der Waals surface area contributed by atoms with Gasteiger partial charge in [-0.2, -0.15) is 0 Å². The summed E-state index contributed by atoms with van der Waals surface area (Å²) in [6.07, 6.45) is 0. The van der Waals surface area contributed by atoms with E-state index in [-0.39, 0.29) is 11.8 Å². The van der Waals surface area contributed by atoms with E-state index in [0.29, 0.717) is 22.5 Å². The lowest BCUT2D eigenvalue weighted by molar-refractivity contribution is 0.0926. The molecule has 0 saturated carbocycles. The average molecular weight is 706 g/mol. The number of hydrogen-bond acceptors (Lipinski definition) is 2. The van der Waals surface area contributed by atoms with E-state index in [1.54, 1.807) is 6.07 Å². The number of rotatable bonds is 5. The lowest BCUT2D eigenvalue weighted by atomic mass is 9.92. The van der Waals surface area contributed by atoms with Crippen LogP contribution in [0.1, 0.15) is 20.7 Å². The first-order valence-corrected chi connectivity index (χ1v) is 18.5. The molecule has 1 aliphatic heterocycles. The Hall–Kier alpha value is -7.50. The van der Waals surface area contributed by atoms with E-state index < -0.39 is 0 Å². The summed E-state index contributed by atoms with van der Waals surface area (Å²) in [4.78, 5) is 31.1. The molecule has 10 aromatic rings. The van der Waals surface area contributed by atoms with Gasteiger partial charge in [0.1, 0.15) is 0 Å². The molecule has 3 heterocycles. The minimum absolute atomic E-state index is 0.337. The maximum atomic E-state index is 15.1. The SMILES string of the molecule is O=C1c2cccc(-n3c4ccccc4c4ccc(-n5c6ccccc6c6ccccc65)cc43)c2C(=O)N1c1cccc(-c2ccccc2)c1-c1ccccc1. The number of amides is 2. The normalized spacial score (nSPS) is 12.8. The monoisotopic (exact) mass is 705 g/mol. The van der Waals surface area contributed by atoms with Crippen LogP contribution in [0.2, 0.25) is 0 Å². The van der Waals surface area contributed by atoms with Gasteiger partial charge in [-0.1, -0.05) is 140 Å². The molecule has 2 amide bonds. The summed E-state index contributed by atoms with van der Waals surface area (Å²) < 4.78 is 4.47. The Morgan fingerprint density at radius 2 is 0.836 bits per heavy atom. The van der Waals surface area contributed by atoms with Gasteiger partial charge in [-0.3, -0.25) is 9.59 Å². The second kappa shape index (κ2) is 12.0. The third-order valence-corrected chi connectivity index (χ3v) is 11.1. The number of nitrogens with zero attached hydrogens (tertiary/aromatic N) is 3. The molecular weight excluding hydrogens is 675 g/mol. The Morgan fingerprint density at radius 3 is 1.47 bits per heavy atom. The third kappa shape index (κ3) is 4.53. The third-order valence-electron chi connectivity index (χ3n) is 11.1. The quantitative estimate of drug-likeness (QED) is 0.167. The summed E-state index contributed by atoms with van der Waals surface area (Å²) in [5.41, 5.74) is 10.9. The maximum Gasteiger partial charge on any atom is 0.268 e. The zero-order valence-electron chi connectivity index (χ0n) is 29.6. The molecule has 0 atom stereocenters. The van der Waals surface area contributed by atoms with Gasteiger partial charge in [0.05, 0.1) is 44.6 Å². The highest BCUT2D eigenvalue weighted by Gasteiger charge is 2.40. The van der Waals surface area contributed by atoms with Crippen molar-refractivity contribution >= 4 is 61.1 Å². The highest BCUT2D eigenvalue weighted by atomic mass is 16.2. The number of aromatic nitrogens is 2. The van der Waals surface area contributed by atoms with Crippen molar-refractivity contribution in [1.29, 1.82) is 0 Å². The van der Waals surface area contributed by atoms with E-state index in [2.05, 4.69) is 106 Å². The zero-order chi connectivity index (χ0) is 36.6. The second-order valence-corrected chi connectivity index (χ2v) is 14.0. The highest BCUT2D eigenvalue weighted by molar-refractivity contribution is 6.37. The molecule has 0 bridgehead atoms. The highest BCUT2D eigenvalue weighted by Crippen LogP contribution is 2.44. The summed E-state index contributed by atoms with van der Waals surface area (Å²) in [5.74, 6) is -0.682. The molecule has 0 radical (unpaired) electrons. The summed E-state index contributed by atoms with van der Waals surface area (Å²) >= 11 is 0. The van der Waals surface area contributed by atoms with Crippen LogP contribution in [0.25, 0.3) is 77.2 Å². The van der Waals surface area contributed by atoms with Crippen molar-refractivity contribution < 1.29 is 9.59 Å². The summed E-state index contributed by atoms with van der Waals surface area (Å²) in [6, 6.07) is 63.4. The predicted octanol–water partition coefficient (Wildman–Crippen LogP) is 12.0. The Bertz CT molecular complexity index is 3140. The molecule has 8 aromatic carbocycles. The first-order chi connectivity index (χ1) is 27.2. The molecule has 0 spiro atoms. The molecule has 0 aliphatic carbocycles. The van der Waals surface area contributed by atoms with Gasteiger partial charge < -0.3 is 9.13 Å². The number of carbonyl (C=O) groups is 2. The lowest BCUT2D eigenvalue weighted by Gasteiger charge is -2.22. The standard InChI is InChI=1S/C50H31N3O2/c54-49-40-23-14-28-45(48(40)50(55)53(49)44-27-13-22-35(32-15-3-1-4-16-32)47(44)33-17-5-2-6-18-33)52-43-26-12-9-21-38(43)39-30-29-34(31-46(39)52)51-41-24-10-7-19-36(41)37-20-8-11-25-42(37)51/h1-31H. The number of carbonyl (C=O) groups excluding carboxylic acids is 2. The Labute approximate surface area is 316 Å². The van der Waals surface area contributed by atoms with E-state index in [1.165, 1.54) is 15.7 Å². The Balaban J connectivity index is 1.14. The van der Waals surface area contributed by atoms with E-state index in [1.807, 2.05) is 84.9 Å². The summed E-state index contributed by atoms with van der Waals surface area (Å²) in [6.45, 7) is 0. The van der Waals surface area contributed by atoms with Crippen molar-refractivity contribution in [2.45, 2.75) is 0 Å². The number of para-hydroxylation sites is 3. The zero-order valence-corrected chi connectivity index (χ0v) is 29.6. The van der Waals surface area contributed by atoms with Crippen LogP contribution in [0.5, 0.6) is 0 Å². The van der Waals surface area contributed by atoms with Gasteiger partial charge in [0.2, 0.25) is 0 Å². The van der Waals surface area contributed by atoms with E-state index in [0.717, 1.165) is 60.8 Å². The number of anilines is 1. The summed E-state index contributed by atoms with van der Waals surface area (Å²) in [5, 5.41) is 4.51. The number of hydrogen-bond donors (Lipinski definition) is 0. The first kappa shape index (κ1) is 31.1. The van der Waals surface area contributed by atoms with Gasteiger partial charge >= 0.3 is 0 Å². The van der Waals surface area contributed by atoms with Gasteiger partial charge in [0.25, 0.3) is 11.8 Å². The van der Waals surface area contributed by atoms with Crippen LogP contribution < -0.4 is 4.90 Å². The predicted molar refractivity (Wildman–Crippen MR) is 224 cm³/mol.